The molecule has 0 radical (unpaired) electrons. The van der Waals surface area contributed by atoms with Gasteiger partial charge in [-0.1, -0.05) is 23.5 Å². The van der Waals surface area contributed by atoms with Gasteiger partial charge in [0, 0.05) is 37.0 Å². The summed E-state index contributed by atoms with van der Waals surface area (Å²) in [5, 5.41) is 5.62. The molecule has 4 rings (SSSR count). The average Bonchev–Trinajstić information content (AvgIpc) is 3.23. The van der Waals surface area contributed by atoms with Crippen LogP contribution in [-0.4, -0.2) is 52.2 Å². The number of hydrogen-bond donors (Lipinski definition) is 2. The van der Waals surface area contributed by atoms with Gasteiger partial charge in [-0.05, 0) is 57.9 Å². The molecule has 3 amide bonds. The Morgan fingerprint density at radius 2 is 2.06 bits per heavy atom. The maximum Gasteiger partial charge on any atom is 0.410 e. The fourth-order valence-corrected chi connectivity index (χ4v) is 4.74. The topological polar surface area (TPSA) is 96.5 Å². The molecule has 35 heavy (non-hydrogen) atoms. The number of fused-ring (bicyclic) bond motifs is 1. The van der Waals surface area contributed by atoms with Crippen molar-refractivity contribution in [1.29, 1.82) is 0 Å². The van der Waals surface area contributed by atoms with Crippen molar-refractivity contribution >= 4 is 44.4 Å². The van der Waals surface area contributed by atoms with Crippen LogP contribution < -0.4 is 10.6 Å². The molecule has 2 aromatic heterocycles. The number of amides is 3. The number of halogens is 1. The number of nitrogens with one attached hydrogen (secondary N) is 2. The molecule has 3 heterocycles. The number of anilines is 1. The predicted octanol–water partition coefficient (Wildman–Crippen LogP) is 5.66. The number of aromatic nitrogens is 2. The second-order valence-electron chi connectivity index (χ2n) is 9.09. The van der Waals surface area contributed by atoms with Crippen molar-refractivity contribution in [1.82, 2.24) is 20.2 Å². The van der Waals surface area contributed by atoms with E-state index in [4.69, 9.17) is 4.74 Å². The summed E-state index contributed by atoms with van der Waals surface area (Å²) in [6, 6.07) is 6.92. The first-order chi connectivity index (χ1) is 16.7. The molecule has 2 N–H and O–H groups in total. The van der Waals surface area contributed by atoms with Crippen LogP contribution >= 0.6 is 11.3 Å². The molecule has 184 valence electrons. The Balaban J connectivity index is 1.72. The van der Waals surface area contributed by atoms with Gasteiger partial charge >= 0.3 is 12.1 Å². The minimum Gasteiger partial charge on any atom is -0.444 e. The van der Waals surface area contributed by atoms with Crippen molar-refractivity contribution < 1.29 is 18.7 Å². The number of nitrogens with zero attached hydrogens (tertiary/aromatic N) is 3. The Labute approximate surface area is 207 Å². The van der Waals surface area contributed by atoms with Crippen LogP contribution in [0.15, 0.2) is 36.5 Å². The molecule has 0 spiro atoms. The minimum atomic E-state index is -0.583. The molecule has 0 aliphatic carbocycles. The van der Waals surface area contributed by atoms with Crippen LogP contribution in [0.4, 0.5) is 19.1 Å². The molecule has 1 aliphatic rings. The SMILES string of the molecule is CCNC(=O)Nc1nc2c(F)c(C3=CCN(C(=O)OC(C)(C)C)CC3)cc(-c3ccccn3)c2s1. The second-order valence-corrected chi connectivity index (χ2v) is 10.1. The van der Waals surface area contributed by atoms with Crippen LogP contribution in [0.3, 0.4) is 0 Å². The van der Waals surface area contributed by atoms with Gasteiger partial charge in [0.2, 0.25) is 0 Å². The first-order valence-corrected chi connectivity index (χ1v) is 12.2. The van der Waals surface area contributed by atoms with Gasteiger partial charge in [-0.15, -0.1) is 0 Å². The zero-order valence-corrected chi connectivity index (χ0v) is 21.0. The quantitative estimate of drug-likeness (QED) is 0.485. The fraction of sp³-hybridized carbons (Fsp3) is 0.360. The minimum absolute atomic E-state index is 0.176. The van der Waals surface area contributed by atoms with Gasteiger partial charge in [-0.3, -0.25) is 10.3 Å². The predicted molar refractivity (Wildman–Crippen MR) is 136 cm³/mol. The molecular weight excluding hydrogens is 469 g/mol. The van der Waals surface area contributed by atoms with E-state index in [1.165, 1.54) is 11.3 Å². The first kappa shape index (κ1) is 24.6. The Bertz CT molecular complexity index is 1280. The molecule has 0 unspecified atom stereocenters. The van der Waals surface area contributed by atoms with E-state index < -0.39 is 23.5 Å². The summed E-state index contributed by atoms with van der Waals surface area (Å²) in [6.07, 6.45) is 3.60. The van der Waals surface area contributed by atoms with Crippen LogP contribution in [0, 0.1) is 5.82 Å². The van der Waals surface area contributed by atoms with Crippen molar-refractivity contribution in [2.45, 2.75) is 39.7 Å². The lowest BCUT2D eigenvalue weighted by molar-refractivity contribution is 0.0270. The maximum atomic E-state index is 15.8. The highest BCUT2D eigenvalue weighted by molar-refractivity contribution is 7.22. The molecule has 1 aliphatic heterocycles. The summed E-state index contributed by atoms with van der Waals surface area (Å²) < 4.78 is 21.8. The Kier molecular flexibility index (Phi) is 7.02. The molecule has 10 heteroatoms. The highest BCUT2D eigenvalue weighted by atomic mass is 32.1. The summed E-state index contributed by atoms with van der Waals surface area (Å²) in [5.74, 6) is -0.461. The zero-order chi connectivity index (χ0) is 25.2. The van der Waals surface area contributed by atoms with Crippen LogP contribution in [0.2, 0.25) is 0 Å². The number of ether oxygens (including phenoxy) is 1. The molecule has 0 atom stereocenters. The van der Waals surface area contributed by atoms with E-state index in [1.807, 2.05) is 52.0 Å². The van der Waals surface area contributed by atoms with Crippen LogP contribution in [0.1, 0.15) is 39.7 Å². The van der Waals surface area contributed by atoms with Gasteiger partial charge in [0.25, 0.3) is 0 Å². The third-order valence-corrected chi connectivity index (χ3v) is 6.31. The lowest BCUT2D eigenvalue weighted by Crippen LogP contribution is -2.39. The average molecular weight is 498 g/mol. The second kappa shape index (κ2) is 9.99. The number of urea groups is 1. The Hall–Kier alpha value is -3.53. The maximum absolute atomic E-state index is 15.8. The third kappa shape index (κ3) is 5.59. The van der Waals surface area contributed by atoms with Crippen molar-refractivity contribution in [3.05, 3.63) is 47.9 Å². The smallest absolute Gasteiger partial charge is 0.410 e. The summed E-state index contributed by atoms with van der Waals surface area (Å²) in [7, 11) is 0. The van der Waals surface area contributed by atoms with E-state index in [0.717, 1.165) is 11.1 Å². The number of benzene rings is 1. The molecule has 0 saturated carbocycles. The molecule has 8 nitrogen and oxygen atoms in total. The normalized spacial score (nSPS) is 14.0. The highest BCUT2D eigenvalue weighted by Crippen LogP contribution is 2.40. The van der Waals surface area contributed by atoms with Crippen LogP contribution in [0.5, 0.6) is 0 Å². The third-order valence-electron chi connectivity index (χ3n) is 5.31. The van der Waals surface area contributed by atoms with Crippen molar-refractivity contribution in [2.75, 3.05) is 25.0 Å². The largest absolute Gasteiger partial charge is 0.444 e. The van der Waals surface area contributed by atoms with E-state index in [1.54, 1.807) is 17.2 Å². The molecule has 3 aromatic rings. The van der Waals surface area contributed by atoms with Gasteiger partial charge in [-0.25, -0.2) is 19.0 Å². The van der Waals surface area contributed by atoms with Crippen molar-refractivity contribution in [3.8, 4) is 11.3 Å². The van der Waals surface area contributed by atoms with Gasteiger partial charge in [0.15, 0.2) is 10.9 Å². The number of pyridine rings is 1. The first-order valence-electron chi connectivity index (χ1n) is 11.4. The van der Waals surface area contributed by atoms with E-state index in [9.17, 15) is 9.59 Å². The van der Waals surface area contributed by atoms with Gasteiger partial charge in [-0.2, -0.15) is 0 Å². The molecular formula is C25H28FN5O3S. The summed E-state index contributed by atoms with van der Waals surface area (Å²) >= 11 is 1.20. The fourth-order valence-electron chi connectivity index (χ4n) is 3.76. The van der Waals surface area contributed by atoms with Gasteiger partial charge in [0.05, 0.1) is 10.4 Å². The number of hydrogen-bond acceptors (Lipinski definition) is 6. The number of carbonyl (C=O) groups is 2. The number of rotatable bonds is 4. The van der Waals surface area contributed by atoms with E-state index >= 15 is 4.39 Å². The van der Waals surface area contributed by atoms with E-state index in [-0.39, 0.29) is 5.52 Å². The van der Waals surface area contributed by atoms with Gasteiger partial charge in [0.1, 0.15) is 11.1 Å². The molecule has 0 bridgehead atoms. The summed E-state index contributed by atoms with van der Waals surface area (Å²) in [6.45, 7) is 8.47. The van der Waals surface area contributed by atoms with E-state index in [2.05, 4.69) is 20.6 Å². The van der Waals surface area contributed by atoms with Gasteiger partial charge < -0.3 is 15.0 Å². The number of carbonyl (C=O) groups excluding carboxylic acids is 2. The van der Waals surface area contributed by atoms with Crippen LogP contribution in [0.25, 0.3) is 27.0 Å². The monoisotopic (exact) mass is 497 g/mol. The highest BCUT2D eigenvalue weighted by Gasteiger charge is 2.26. The lowest BCUT2D eigenvalue weighted by atomic mass is 9.95. The van der Waals surface area contributed by atoms with E-state index in [0.29, 0.717) is 47.1 Å². The molecule has 1 aromatic carbocycles. The zero-order valence-electron chi connectivity index (χ0n) is 20.1. The van der Waals surface area contributed by atoms with Crippen LogP contribution in [-0.2, 0) is 4.74 Å². The summed E-state index contributed by atoms with van der Waals surface area (Å²) in [4.78, 5) is 34.9. The number of thiazole rings is 1. The van der Waals surface area contributed by atoms with Crippen molar-refractivity contribution in [3.63, 3.8) is 0 Å². The Morgan fingerprint density at radius 1 is 1.26 bits per heavy atom. The molecule has 0 saturated heterocycles. The van der Waals surface area contributed by atoms with Crippen molar-refractivity contribution in [2.24, 2.45) is 0 Å². The summed E-state index contributed by atoms with van der Waals surface area (Å²) in [5.41, 5.74) is 2.20. The molecule has 0 fully saturated rings. The lowest BCUT2D eigenvalue weighted by Gasteiger charge is -2.29. The Morgan fingerprint density at radius 3 is 2.69 bits per heavy atom. The standard InChI is InChI=1S/C25H28FN5O3S/c1-5-27-22(32)30-23-29-20-19(26)16(14-17(21(20)35-23)18-8-6-7-11-28-18)15-9-12-31(13-10-15)24(33)34-25(2,3)4/h6-9,11,14H,5,10,12-13H2,1-4H3,(H2,27,29,30,32).